The van der Waals surface area contributed by atoms with Gasteiger partial charge in [0.25, 0.3) is 11.8 Å². The van der Waals surface area contributed by atoms with E-state index in [2.05, 4.69) is 16.2 Å². The van der Waals surface area contributed by atoms with E-state index in [4.69, 9.17) is 4.74 Å². The second-order valence-corrected chi connectivity index (χ2v) is 6.37. The Labute approximate surface area is 158 Å². The van der Waals surface area contributed by atoms with Crippen molar-refractivity contribution in [3.63, 3.8) is 0 Å². The van der Waals surface area contributed by atoms with Gasteiger partial charge in [-0.05, 0) is 42.3 Å². The average molecular weight is 369 g/mol. The summed E-state index contributed by atoms with van der Waals surface area (Å²) in [7, 11) is 0. The molecule has 0 saturated carbocycles. The van der Waals surface area contributed by atoms with Crippen LogP contribution in [0.4, 0.5) is 5.69 Å². The summed E-state index contributed by atoms with van der Waals surface area (Å²) < 4.78 is 5.65. The van der Waals surface area contributed by atoms with Crippen molar-refractivity contribution in [2.75, 3.05) is 11.9 Å². The molecular weight excluding hydrogens is 346 g/mol. The molecule has 0 saturated heterocycles. The van der Waals surface area contributed by atoms with Crippen molar-refractivity contribution in [2.24, 2.45) is 5.92 Å². The van der Waals surface area contributed by atoms with Crippen LogP contribution in [0.1, 0.15) is 41.5 Å². The molecule has 0 aliphatic heterocycles. The summed E-state index contributed by atoms with van der Waals surface area (Å²) in [6.07, 6.45) is 0. The Morgan fingerprint density at radius 1 is 0.926 bits per heavy atom. The van der Waals surface area contributed by atoms with Crippen molar-refractivity contribution in [2.45, 2.75) is 20.8 Å². The number of ether oxygens (including phenoxy) is 1. The Hall–Kier alpha value is -3.35. The SMILES string of the molecule is CC(=O)Nc1ccc(C(=O)NNC(=O)c2ccccc2OCC(C)C)cc1. The number of rotatable bonds is 6. The van der Waals surface area contributed by atoms with Gasteiger partial charge < -0.3 is 10.1 Å². The van der Waals surface area contributed by atoms with Gasteiger partial charge in [-0.25, -0.2) is 0 Å². The molecular formula is C20H23N3O4. The molecule has 0 spiro atoms. The Bertz CT molecular complexity index is 816. The molecule has 0 aromatic heterocycles. The minimum absolute atomic E-state index is 0.196. The van der Waals surface area contributed by atoms with Crippen LogP contribution in [-0.2, 0) is 4.79 Å². The highest BCUT2D eigenvalue weighted by atomic mass is 16.5. The predicted molar refractivity (Wildman–Crippen MR) is 102 cm³/mol. The number of hydrogen-bond donors (Lipinski definition) is 3. The molecule has 0 bridgehead atoms. The second kappa shape index (κ2) is 9.38. The van der Waals surface area contributed by atoms with Gasteiger partial charge >= 0.3 is 0 Å². The largest absolute Gasteiger partial charge is 0.492 e. The lowest BCUT2D eigenvalue weighted by molar-refractivity contribution is -0.114. The number of hydrogen-bond acceptors (Lipinski definition) is 4. The maximum atomic E-state index is 12.4. The van der Waals surface area contributed by atoms with Crippen LogP contribution in [0.3, 0.4) is 0 Å². The number of nitrogens with one attached hydrogen (secondary N) is 3. The summed E-state index contributed by atoms with van der Waals surface area (Å²) in [5, 5.41) is 2.61. The minimum atomic E-state index is -0.474. The summed E-state index contributed by atoms with van der Waals surface area (Å²) in [6.45, 7) is 5.91. The summed E-state index contributed by atoms with van der Waals surface area (Å²) in [6, 6.07) is 13.1. The molecule has 0 fully saturated rings. The molecule has 3 amide bonds. The monoisotopic (exact) mass is 369 g/mol. The molecule has 0 aliphatic rings. The molecule has 27 heavy (non-hydrogen) atoms. The molecule has 0 aliphatic carbocycles. The van der Waals surface area contributed by atoms with Crippen molar-refractivity contribution >= 4 is 23.4 Å². The number of para-hydroxylation sites is 1. The fourth-order valence-electron chi connectivity index (χ4n) is 2.20. The quantitative estimate of drug-likeness (QED) is 0.682. The third-order valence-corrected chi connectivity index (χ3v) is 3.46. The number of carbonyl (C=O) groups excluding carboxylic acids is 3. The van der Waals surface area contributed by atoms with Gasteiger partial charge in [0.15, 0.2) is 0 Å². The van der Waals surface area contributed by atoms with Crippen LogP contribution in [0, 0.1) is 5.92 Å². The summed E-state index contributed by atoms with van der Waals surface area (Å²) in [5.74, 6) is -0.368. The lowest BCUT2D eigenvalue weighted by Gasteiger charge is -2.13. The fourth-order valence-corrected chi connectivity index (χ4v) is 2.20. The minimum Gasteiger partial charge on any atom is -0.492 e. The smallest absolute Gasteiger partial charge is 0.273 e. The van der Waals surface area contributed by atoms with E-state index in [-0.39, 0.29) is 5.91 Å². The Kier molecular flexibility index (Phi) is 6.93. The first kappa shape index (κ1) is 20.0. The molecule has 142 valence electrons. The van der Waals surface area contributed by atoms with E-state index in [0.29, 0.717) is 35.1 Å². The number of amides is 3. The van der Waals surface area contributed by atoms with Gasteiger partial charge in [0.1, 0.15) is 5.75 Å². The Balaban J connectivity index is 1.97. The van der Waals surface area contributed by atoms with Crippen LogP contribution in [0.15, 0.2) is 48.5 Å². The topological polar surface area (TPSA) is 96.5 Å². The van der Waals surface area contributed by atoms with E-state index in [1.54, 1.807) is 48.5 Å². The van der Waals surface area contributed by atoms with Crippen molar-refractivity contribution in [3.8, 4) is 5.75 Å². The van der Waals surface area contributed by atoms with Crippen LogP contribution in [0.2, 0.25) is 0 Å². The molecule has 2 aromatic rings. The van der Waals surface area contributed by atoms with Crippen molar-refractivity contribution in [3.05, 3.63) is 59.7 Å². The first-order chi connectivity index (χ1) is 12.9. The molecule has 0 radical (unpaired) electrons. The van der Waals surface area contributed by atoms with Crippen LogP contribution in [-0.4, -0.2) is 24.3 Å². The molecule has 0 unspecified atom stereocenters. The molecule has 2 aromatic carbocycles. The highest BCUT2D eigenvalue weighted by Gasteiger charge is 2.14. The molecule has 7 nitrogen and oxygen atoms in total. The van der Waals surface area contributed by atoms with Gasteiger partial charge in [0, 0.05) is 18.2 Å². The maximum absolute atomic E-state index is 12.4. The van der Waals surface area contributed by atoms with E-state index >= 15 is 0 Å². The van der Waals surface area contributed by atoms with Gasteiger partial charge in [-0.1, -0.05) is 26.0 Å². The second-order valence-electron chi connectivity index (χ2n) is 6.37. The highest BCUT2D eigenvalue weighted by molar-refractivity contribution is 6.00. The predicted octanol–water partition coefficient (Wildman–Crippen LogP) is 2.75. The van der Waals surface area contributed by atoms with Gasteiger partial charge in [0.05, 0.1) is 12.2 Å². The van der Waals surface area contributed by atoms with Crippen molar-refractivity contribution in [1.82, 2.24) is 10.9 Å². The summed E-state index contributed by atoms with van der Waals surface area (Å²) >= 11 is 0. The van der Waals surface area contributed by atoms with E-state index in [1.165, 1.54) is 6.92 Å². The zero-order valence-electron chi connectivity index (χ0n) is 15.5. The van der Waals surface area contributed by atoms with E-state index in [0.717, 1.165) is 0 Å². The molecule has 7 heteroatoms. The number of hydrazine groups is 1. The highest BCUT2D eigenvalue weighted by Crippen LogP contribution is 2.18. The summed E-state index contributed by atoms with van der Waals surface area (Å²) in [5.41, 5.74) is 6.01. The molecule has 2 rings (SSSR count). The standard InChI is InChI=1S/C20H23N3O4/c1-13(2)12-27-18-7-5-4-6-17(18)20(26)23-22-19(25)15-8-10-16(11-9-15)21-14(3)24/h4-11,13H,12H2,1-3H3,(H,21,24)(H,22,25)(H,23,26). The molecule has 0 atom stereocenters. The molecule has 3 N–H and O–H groups in total. The molecule has 0 heterocycles. The zero-order valence-corrected chi connectivity index (χ0v) is 15.5. The van der Waals surface area contributed by atoms with E-state index in [9.17, 15) is 14.4 Å². The number of carbonyl (C=O) groups is 3. The van der Waals surface area contributed by atoms with Gasteiger partial charge in [-0.2, -0.15) is 0 Å². The van der Waals surface area contributed by atoms with Crippen LogP contribution < -0.4 is 20.9 Å². The Morgan fingerprint density at radius 2 is 1.56 bits per heavy atom. The lowest BCUT2D eigenvalue weighted by Crippen LogP contribution is -2.41. The maximum Gasteiger partial charge on any atom is 0.273 e. The van der Waals surface area contributed by atoms with Crippen molar-refractivity contribution < 1.29 is 19.1 Å². The lowest BCUT2D eigenvalue weighted by atomic mass is 10.2. The third-order valence-electron chi connectivity index (χ3n) is 3.46. The van der Waals surface area contributed by atoms with Crippen LogP contribution >= 0.6 is 0 Å². The third kappa shape index (κ3) is 6.14. The van der Waals surface area contributed by atoms with Crippen molar-refractivity contribution in [1.29, 1.82) is 0 Å². The number of benzene rings is 2. The van der Waals surface area contributed by atoms with Gasteiger partial charge in [-0.3, -0.25) is 25.2 Å². The first-order valence-electron chi connectivity index (χ1n) is 8.57. The van der Waals surface area contributed by atoms with E-state index < -0.39 is 11.8 Å². The summed E-state index contributed by atoms with van der Waals surface area (Å²) in [4.78, 5) is 35.5. The first-order valence-corrected chi connectivity index (χ1v) is 8.57. The fraction of sp³-hybridized carbons (Fsp3) is 0.250. The zero-order chi connectivity index (χ0) is 19.8. The van der Waals surface area contributed by atoms with E-state index in [1.807, 2.05) is 13.8 Å². The number of anilines is 1. The normalized spacial score (nSPS) is 10.2. The van der Waals surface area contributed by atoms with Gasteiger partial charge in [0.2, 0.25) is 5.91 Å². The van der Waals surface area contributed by atoms with Crippen LogP contribution in [0.5, 0.6) is 5.75 Å². The Morgan fingerprint density at radius 3 is 2.19 bits per heavy atom. The van der Waals surface area contributed by atoms with Crippen LogP contribution in [0.25, 0.3) is 0 Å². The van der Waals surface area contributed by atoms with Gasteiger partial charge in [-0.15, -0.1) is 0 Å². The average Bonchev–Trinajstić information content (AvgIpc) is 2.64.